The van der Waals surface area contributed by atoms with Gasteiger partial charge in [0.15, 0.2) is 0 Å². The number of anilines is 1. The van der Waals surface area contributed by atoms with Gasteiger partial charge in [-0.05, 0) is 12.1 Å². The second-order valence-corrected chi connectivity index (χ2v) is 4.36. The van der Waals surface area contributed by atoms with E-state index in [0.29, 0.717) is 23.8 Å². The number of hydrogen-bond donors (Lipinski definition) is 0. The van der Waals surface area contributed by atoms with Crippen molar-refractivity contribution < 1.29 is 4.79 Å². The fraction of sp³-hybridized carbons (Fsp3) is 0.273. The summed E-state index contributed by atoms with van der Waals surface area (Å²) in [5.41, 5.74) is 0. The van der Waals surface area contributed by atoms with Crippen LogP contribution in [0, 0.1) is 18.3 Å². The van der Waals surface area contributed by atoms with Crippen LogP contribution < -0.4 is 4.90 Å². The first-order valence-corrected chi connectivity index (χ1v) is 5.45. The van der Waals surface area contributed by atoms with Crippen LogP contribution in [-0.4, -0.2) is 17.4 Å². The molecule has 0 radical (unpaired) electrons. The van der Waals surface area contributed by atoms with Gasteiger partial charge in [-0.25, -0.2) is 4.98 Å². The predicted molar refractivity (Wildman–Crippen MR) is 63.6 cm³/mol. The highest BCUT2D eigenvalue weighted by atomic mass is 35.5. The standard InChI is InChI=1S/C11H8Cl2N2O/c1-2-7-3-11(16)15(6-7)10-5-8(12)4-9(13)14-10/h1,4-5,7H,3,6H2. The maximum Gasteiger partial charge on any atom is 0.229 e. The molecule has 0 N–H and O–H groups in total. The van der Waals surface area contributed by atoms with Crippen molar-refractivity contribution in [3.05, 3.63) is 22.3 Å². The predicted octanol–water partition coefficient (Wildman–Crippen LogP) is 2.37. The summed E-state index contributed by atoms with van der Waals surface area (Å²) in [6, 6.07) is 3.12. The van der Waals surface area contributed by atoms with E-state index in [1.54, 1.807) is 6.07 Å². The van der Waals surface area contributed by atoms with E-state index in [0.717, 1.165) is 0 Å². The average molecular weight is 255 g/mol. The van der Waals surface area contributed by atoms with E-state index in [1.807, 2.05) is 0 Å². The van der Waals surface area contributed by atoms with Crippen LogP contribution in [0.1, 0.15) is 6.42 Å². The number of terminal acetylenes is 1. The maximum absolute atomic E-state index is 11.7. The summed E-state index contributed by atoms with van der Waals surface area (Å²) in [6.45, 7) is 0.471. The van der Waals surface area contributed by atoms with Gasteiger partial charge in [-0.2, -0.15) is 0 Å². The fourth-order valence-electron chi connectivity index (χ4n) is 1.63. The Labute approximate surface area is 103 Å². The summed E-state index contributed by atoms with van der Waals surface area (Å²) in [6.07, 6.45) is 5.64. The molecule has 0 bridgehead atoms. The number of carbonyl (C=O) groups is 1. The number of aromatic nitrogens is 1. The number of hydrogen-bond acceptors (Lipinski definition) is 2. The van der Waals surface area contributed by atoms with Gasteiger partial charge in [0.25, 0.3) is 0 Å². The molecule has 1 amide bonds. The third-order valence-electron chi connectivity index (χ3n) is 2.38. The zero-order chi connectivity index (χ0) is 11.7. The summed E-state index contributed by atoms with van der Waals surface area (Å²) in [5, 5.41) is 0.714. The van der Waals surface area contributed by atoms with E-state index in [1.165, 1.54) is 11.0 Å². The summed E-state index contributed by atoms with van der Waals surface area (Å²) in [4.78, 5) is 17.2. The number of pyridine rings is 1. The van der Waals surface area contributed by atoms with Crippen molar-refractivity contribution in [2.24, 2.45) is 5.92 Å². The Balaban J connectivity index is 2.32. The summed E-state index contributed by atoms with van der Waals surface area (Å²) >= 11 is 11.6. The average Bonchev–Trinajstić information content (AvgIpc) is 2.58. The maximum atomic E-state index is 11.7. The lowest BCUT2D eigenvalue weighted by atomic mass is 10.1. The van der Waals surface area contributed by atoms with Crippen LogP contribution in [0.15, 0.2) is 12.1 Å². The van der Waals surface area contributed by atoms with Crippen LogP contribution >= 0.6 is 23.2 Å². The summed E-state index contributed by atoms with van der Waals surface area (Å²) in [7, 11) is 0. The molecule has 1 fully saturated rings. The highest BCUT2D eigenvalue weighted by Gasteiger charge is 2.30. The molecule has 0 spiro atoms. The van der Waals surface area contributed by atoms with Gasteiger partial charge >= 0.3 is 0 Å². The molecule has 0 aromatic carbocycles. The Morgan fingerprint density at radius 2 is 2.25 bits per heavy atom. The number of carbonyl (C=O) groups excluding carboxylic acids is 1. The molecular formula is C11H8Cl2N2O. The molecule has 0 aliphatic carbocycles. The molecule has 0 saturated carbocycles. The largest absolute Gasteiger partial charge is 0.295 e. The lowest BCUT2D eigenvalue weighted by Crippen LogP contribution is -2.25. The van der Waals surface area contributed by atoms with Crippen molar-refractivity contribution in [2.75, 3.05) is 11.4 Å². The Bertz CT molecular complexity index is 461. The quantitative estimate of drug-likeness (QED) is 0.570. The third-order valence-corrected chi connectivity index (χ3v) is 2.79. The van der Waals surface area contributed by atoms with E-state index in [4.69, 9.17) is 29.6 Å². The second kappa shape index (κ2) is 4.32. The Hall–Kier alpha value is -1.24. The van der Waals surface area contributed by atoms with E-state index in [-0.39, 0.29) is 17.0 Å². The first-order chi connectivity index (χ1) is 7.60. The molecule has 1 unspecified atom stereocenters. The topological polar surface area (TPSA) is 33.2 Å². The van der Waals surface area contributed by atoms with Crippen LogP contribution in [0.25, 0.3) is 0 Å². The van der Waals surface area contributed by atoms with E-state index < -0.39 is 0 Å². The summed E-state index contributed by atoms with van der Waals surface area (Å²) in [5.74, 6) is 2.92. The van der Waals surface area contributed by atoms with Gasteiger partial charge in [0, 0.05) is 23.9 Å². The zero-order valence-electron chi connectivity index (χ0n) is 8.28. The normalized spacial score (nSPS) is 19.9. The molecule has 3 nitrogen and oxygen atoms in total. The molecule has 2 rings (SSSR count). The molecule has 1 atom stereocenters. The molecule has 2 heterocycles. The molecule has 82 valence electrons. The molecule has 1 aliphatic rings. The molecule has 1 aliphatic heterocycles. The van der Waals surface area contributed by atoms with Crippen LogP contribution in [0.3, 0.4) is 0 Å². The van der Waals surface area contributed by atoms with Gasteiger partial charge < -0.3 is 0 Å². The summed E-state index contributed by atoms with van der Waals surface area (Å²) < 4.78 is 0. The smallest absolute Gasteiger partial charge is 0.229 e. The molecule has 1 aromatic heterocycles. The van der Waals surface area contributed by atoms with Gasteiger partial charge in [-0.3, -0.25) is 9.69 Å². The highest BCUT2D eigenvalue weighted by Crippen LogP contribution is 2.27. The Morgan fingerprint density at radius 3 is 2.81 bits per heavy atom. The Morgan fingerprint density at radius 1 is 1.50 bits per heavy atom. The van der Waals surface area contributed by atoms with Gasteiger partial charge in [0.05, 0.1) is 0 Å². The number of halogens is 2. The number of rotatable bonds is 1. The second-order valence-electron chi connectivity index (χ2n) is 3.54. The van der Waals surface area contributed by atoms with Gasteiger partial charge in [0.1, 0.15) is 11.0 Å². The van der Waals surface area contributed by atoms with E-state index in [9.17, 15) is 4.79 Å². The minimum Gasteiger partial charge on any atom is -0.295 e. The van der Waals surface area contributed by atoms with Gasteiger partial charge in [0.2, 0.25) is 5.91 Å². The molecular weight excluding hydrogens is 247 g/mol. The monoisotopic (exact) mass is 254 g/mol. The lowest BCUT2D eigenvalue weighted by molar-refractivity contribution is -0.117. The zero-order valence-corrected chi connectivity index (χ0v) is 9.79. The third kappa shape index (κ3) is 2.13. The highest BCUT2D eigenvalue weighted by molar-refractivity contribution is 6.34. The van der Waals surface area contributed by atoms with Crippen molar-refractivity contribution in [3.8, 4) is 12.3 Å². The van der Waals surface area contributed by atoms with Gasteiger partial charge in [-0.1, -0.05) is 23.2 Å². The van der Waals surface area contributed by atoms with E-state index >= 15 is 0 Å². The fourth-order valence-corrected chi connectivity index (χ4v) is 2.09. The molecule has 1 saturated heterocycles. The molecule has 1 aromatic rings. The van der Waals surface area contributed by atoms with Crippen LogP contribution in [0.4, 0.5) is 5.82 Å². The van der Waals surface area contributed by atoms with Crippen molar-refractivity contribution in [1.29, 1.82) is 0 Å². The van der Waals surface area contributed by atoms with Crippen molar-refractivity contribution in [3.63, 3.8) is 0 Å². The Kier molecular flexibility index (Phi) is 3.04. The van der Waals surface area contributed by atoms with Crippen LogP contribution in [0.2, 0.25) is 10.2 Å². The van der Waals surface area contributed by atoms with Crippen molar-refractivity contribution in [1.82, 2.24) is 4.98 Å². The van der Waals surface area contributed by atoms with Gasteiger partial charge in [-0.15, -0.1) is 12.3 Å². The van der Waals surface area contributed by atoms with Crippen molar-refractivity contribution in [2.45, 2.75) is 6.42 Å². The number of nitrogens with zero attached hydrogens (tertiary/aromatic N) is 2. The van der Waals surface area contributed by atoms with Crippen LogP contribution in [-0.2, 0) is 4.79 Å². The van der Waals surface area contributed by atoms with E-state index in [2.05, 4.69) is 10.9 Å². The minimum absolute atomic E-state index is 0.0474. The lowest BCUT2D eigenvalue weighted by Gasteiger charge is -2.14. The first kappa shape index (κ1) is 11.3. The first-order valence-electron chi connectivity index (χ1n) is 4.69. The van der Waals surface area contributed by atoms with Crippen molar-refractivity contribution >= 4 is 34.9 Å². The van der Waals surface area contributed by atoms with Crippen LogP contribution in [0.5, 0.6) is 0 Å². The SMILES string of the molecule is C#CC1CC(=O)N(c2cc(Cl)cc(Cl)n2)C1. The molecule has 16 heavy (non-hydrogen) atoms. The minimum atomic E-state index is -0.0629. The number of amides is 1. The molecule has 5 heteroatoms.